The number of ketones is 1. The third-order valence-electron chi connectivity index (χ3n) is 7.48. The van der Waals surface area contributed by atoms with E-state index >= 15 is 0 Å². The van der Waals surface area contributed by atoms with Gasteiger partial charge in [-0.25, -0.2) is 0 Å². The second-order valence-corrected chi connectivity index (χ2v) is 9.47. The second-order valence-electron chi connectivity index (χ2n) is 9.47. The number of carbonyl (C=O) groups is 2. The number of hydrogen-bond donors (Lipinski definition) is 0. The van der Waals surface area contributed by atoms with Gasteiger partial charge in [-0.3, -0.25) is 14.3 Å². The summed E-state index contributed by atoms with van der Waals surface area (Å²) < 4.78 is 7.44. The first kappa shape index (κ1) is 18.7. The molecular formula is C22H32N2O3. The molecule has 5 nitrogen and oxygen atoms in total. The lowest BCUT2D eigenvalue weighted by Crippen LogP contribution is -2.52. The largest absolute Gasteiger partial charge is 0.455 e. The van der Waals surface area contributed by atoms with E-state index in [1.165, 1.54) is 19.3 Å². The van der Waals surface area contributed by atoms with Crippen LogP contribution in [0.5, 0.6) is 0 Å². The Morgan fingerprint density at radius 3 is 2.19 bits per heavy atom. The van der Waals surface area contributed by atoms with E-state index in [1.54, 1.807) is 6.92 Å². The zero-order valence-electron chi connectivity index (χ0n) is 17.1. The highest BCUT2D eigenvalue weighted by atomic mass is 16.5. The van der Waals surface area contributed by atoms with Crippen molar-refractivity contribution in [1.29, 1.82) is 0 Å². The third-order valence-corrected chi connectivity index (χ3v) is 7.48. The molecule has 0 spiro atoms. The summed E-state index contributed by atoms with van der Waals surface area (Å²) in [6, 6.07) is 0. The van der Waals surface area contributed by atoms with Crippen LogP contribution in [0.4, 0.5) is 0 Å². The molecule has 1 aromatic heterocycles. The van der Waals surface area contributed by atoms with Crippen LogP contribution in [-0.4, -0.2) is 27.6 Å². The average Bonchev–Trinajstić information content (AvgIpc) is 2.83. The third kappa shape index (κ3) is 3.34. The minimum atomic E-state index is -0.621. The molecule has 4 aliphatic carbocycles. The Bertz CT molecular complexity index is 729. The van der Waals surface area contributed by atoms with Crippen molar-refractivity contribution in [3.63, 3.8) is 0 Å². The van der Waals surface area contributed by atoms with Gasteiger partial charge in [0.1, 0.15) is 0 Å². The number of Topliss-reactive ketones (excluding diaryl/α,β-unsaturated/α-hetero) is 1. The van der Waals surface area contributed by atoms with Crippen LogP contribution in [0, 0.1) is 37.0 Å². The molecule has 4 fully saturated rings. The van der Waals surface area contributed by atoms with Gasteiger partial charge in [-0.15, -0.1) is 0 Å². The summed E-state index contributed by atoms with van der Waals surface area (Å²) in [7, 11) is 1.91. The molecule has 1 aromatic rings. The van der Waals surface area contributed by atoms with Crippen LogP contribution in [0.15, 0.2) is 0 Å². The number of carbonyl (C=O) groups excluding carboxylic acids is 2. The van der Waals surface area contributed by atoms with Crippen LogP contribution in [0.25, 0.3) is 0 Å². The van der Waals surface area contributed by atoms with Crippen LogP contribution in [0.2, 0.25) is 0 Å². The fraction of sp³-hybridized carbons (Fsp3) is 0.773. The van der Waals surface area contributed by atoms with Gasteiger partial charge in [0.15, 0.2) is 11.9 Å². The topological polar surface area (TPSA) is 61.2 Å². The highest BCUT2D eigenvalue weighted by molar-refractivity contribution is 5.90. The van der Waals surface area contributed by atoms with Crippen LogP contribution in [0.1, 0.15) is 68.8 Å². The van der Waals surface area contributed by atoms with E-state index in [4.69, 9.17) is 4.74 Å². The molecule has 4 aliphatic rings. The maximum absolute atomic E-state index is 13.2. The standard InChI is InChI=1S/C22H32N2O3/c1-13-19(14(2)24(4)23-13)5-6-20(25)27-15(3)21(26)22-10-16-7-17(11-22)9-18(8-16)12-22/h15-18H,5-12H2,1-4H3. The molecule has 5 rings (SSSR count). The summed E-state index contributed by atoms with van der Waals surface area (Å²) in [6.07, 6.45) is 7.29. The quantitative estimate of drug-likeness (QED) is 0.715. The van der Waals surface area contributed by atoms with Crippen molar-refractivity contribution in [2.75, 3.05) is 0 Å². The molecule has 27 heavy (non-hydrogen) atoms. The lowest BCUT2D eigenvalue weighted by molar-refractivity contribution is -0.164. The molecule has 0 N–H and O–H groups in total. The fourth-order valence-electron chi connectivity index (χ4n) is 6.56. The maximum Gasteiger partial charge on any atom is 0.306 e. The molecule has 1 atom stereocenters. The molecule has 0 aromatic carbocycles. The maximum atomic E-state index is 13.2. The minimum Gasteiger partial charge on any atom is -0.455 e. The number of nitrogens with zero attached hydrogens (tertiary/aromatic N) is 2. The van der Waals surface area contributed by atoms with Gasteiger partial charge in [-0.05, 0) is 89.0 Å². The highest BCUT2D eigenvalue weighted by Gasteiger charge is 2.55. The first-order chi connectivity index (χ1) is 12.8. The van der Waals surface area contributed by atoms with Crippen molar-refractivity contribution in [3.8, 4) is 0 Å². The zero-order valence-corrected chi connectivity index (χ0v) is 17.1. The Morgan fingerprint density at radius 1 is 1.15 bits per heavy atom. The molecule has 4 bridgehead atoms. The van der Waals surface area contributed by atoms with Gasteiger partial charge in [0.05, 0.1) is 5.69 Å². The second kappa shape index (κ2) is 6.75. The molecule has 1 unspecified atom stereocenters. The van der Waals surface area contributed by atoms with Crippen LogP contribution >= 0.6 is 0 Å². The molecular weight excluding hydrogens is 340 g/mol. The Morgan fingerprint density at radius 2 is 1.70 bits per heavy atom. The van der Waals surface area contributed by atoms with Gasteiger partial charge in [-0.1, -0.05) is 0 Å². The van der Waals surface area contributed by atoms with E-state index < -0.39 is 6.10 Å². The monoisotopic (exact) mass is 372 g/mol. The Balaban J connectivity index is 1.35. The van der Waals surface area contributed by atoms with Crippen LogP contribution in [0.3, 0.4) is 0 Å². The minimum absolute atomic E-state index is 0.184. The van der Waals surface area contributed by atoms with E-state index in [2.05, 4.69) is 5.10 Å². The Labute approximate surface area is 161 Å². The van der Waals surface area contributed by atoms with E-state index in [0.29, 0.717) is 12.8 Å². The van der Waals surface area contributed by atoms with Crippen molar-refractivity contribution in [2.24, 2.45) is 30.2 Å². The molecule has 0 amide bonds. The number of aryl methyl sites for hydroxylation is 2. The summed E-state index contributed by atoms with van der Waals surface area (Å²) in [5, 5.41) is 4.39. The smallest absolute Gasteiger partial charge is 0.306 e. The molecule has 0 aliphatic heterocycles. The Kier molecular flexibility index (Phi) is 4.68. The van der Waals surface area contributed by atoms with Crippen molar-refractivity contribution in [1.82, 2.24) is 9.78 Å². The lowest BCUT2D eigenvalue weighted by atomic mass is 9.48. The van der Waals surface area contributed by atoms with Gasteiger partial charge in [-0.2, -0.15) is 5.10 Å². The molecule has 0 saturated heterocycles. The predicted molar refractivity (Wildman–Crippen MR) is 102 cm³/mol. The zero-order chi connectivity index (χ0) is 19.3. The highest BCUT2D eigenvalue weighted by Crippen LogP contribution is 2.60. The van der Waals surface area contributed by atoms with Crippen molar-refractivity contribution < 1.29 is 14.3 Å². The van der Waals surface area contributed by atoms with Gasteiger partial charge >= 0.3 is 5.97 Å². The number of esters is 1. The fourth-order valence-corrected chi connectivity index (χ4v) is 6.56. The SMILES string of the molecule is Cc1nn(C)c(C)c1CCC(=O)OC(C)C(=O)C12CC3CC(CC(C3)C1)C2. The van der Waals surface area contributed by atoms with Crippen LogP contribution in [-0.2, 0) is 27.8 Å². The van der Waals surface area contributed by atoms with E-state index in [0.717, 1.165) is 54.0 Å². The summed E-state index contributed by atoms with van der Waals surface area (Å²) in [4.78, 5) is 25.6. The molecule has 1 heterocycles. The van der Waals surface area contributed by atoms with Crippen molar-refractivity contribution >= 4 is 11.8 Å². The summed E-state index contributed by atoms with van der Waals surface area (Å²) in [6.45, 7) is 5.76. The normalized spacial score (nSPS) is 32.5. The van der Waals surface area contributed by atoms with Gasteiger partial charge in [0, 0.05) is 24.6 Å². The molecule has 5 heteroatoms. The van der Waals surface area contributed by atoms with Crippen LogP contribution < -0.4 is 0 Å². The Hall–Kier alpha value is -1.65. The number of aromatic nitrogens is 2. The molecule has 148 valence electrons. The molecule has 4 saturated carbocycles. The van der Waals surface area contributed by atoms with Crippen molar-refractivity contribution in [3.05, 3.63) is 17.0 Å². The summed E-state index contributed by atoms with van der Waals surface area (Å²) in [5.74, 6) is 2.07. The average molecular weight is 373 g/mol. The number of ether oxygens (including phenoxy) is 1. The summed E-state index contributed by atoms with van der Waals surface area (Å²) in [5.41, 5.74) is 2.94. The van der Waals surface area contributed by atoms with E-state index in [-0.39, 0.29) is 17.2 Å². The number of rotatable bonds is 6. The predicted octanol–water partition coefficient (Wildman–Crippen LogP) is 3.69. The first-order valence-corrected chi connectivity index (χ1v) is 10.5. The van der Waals surface area contributed by atoms with Crippen molar-refractivity contribution in [2.45, 2.75) is 78.2 Å². The van der Waals surface area contributed by atoms with Gasteiger partial charge in [0.2, 0.25) is 0 Å². The first-order valence-electron chi connectivity index (χ1n) is 10.5. The summed E-state index contributed by atoms with van der Waals surface area (Å²) >= 11 is 0. The van der Waals surface area contributed by atoms with Gasteiger partial charge in [0.25, 0.3) is 0 Å². The van der Waals surface area contributed by atoms with Gasteiger partial charge < -0.3 is 4.74 Å². The van der Waals surface area contributed by atoms with E-state index in [1.807, 2.05) is 25.6 Å². The van der Waals surface area contributed by atoms with E-state index in [9.17, 15) is 9.59 Å². The lowest BCUT2D eigenvalue weighted by Gasteiger charge is -2.56. The molecule has 0 radical (unpaired) electrons. The number of hydrogen-bond acceptors (Lipinski definition) is 4.